The van der Waals surface area contributed by atoms with Crippen LogP contribution in [0.4, 0.5) is 5.69 Å². The Morgan fingerprint density at radius 2 is 2.06 bits per heavy atom. The van der Waals surface area contributed by atoms with E-state index in [1.165, 1.54) is 4.90 Å². The fraction of sp³-hybridized carbons (Fsp3) is 0.500. The molecule has 0 saturated heterocycles. The molecule has 0 bridgehead atoms. The summed E-state index contributed by atoms with van der Waals surface area (Å²) < 4.78 is 0. The second kappa shape index (κ2) is 7.00. The van der Waals surface area contributed by atoms with Crippen LogP contribution in [0.1, 0.15) is 33.3 Å². The molecule has 0 fully saturated rings. The zero-order valence-electron chi connectivity index (χ0n) is 11.6. The molecular formula is C14H22N2S2. The Balaban J connectivity index is 3.33. The van der Waals surface area contributed by atoms with Crippen molar-refractivity contribution in [3.63, 3.8) is 0 Å². The second-order valence-corrected chi connectivity index (χ2v) is 6.07. The Morgan fingerprint density at radius 1 is 1.39 bits per heavy atom. The summed E-state index contributed by atoms with van der Waals surface area (Å²) in [5.74, 6) is 1.02. The van der Waals surface area contributed by atoms with Crippen LogP contribution in [0.2, 0.25) is 0 Å². The number of thioether (sulfide) groups is 1. The maximum absolute atomic E-state index is 5.93. The number of nitrogens with two attached hydrogens (primary N) is 1. The molecule has 1 aromatic rings. The van der Waals surface area contributed by atoms with Gasteiger partial charge in [-0.1, -0.05) is 25.2 Å². The van der Waals surface area contributed by atoms with Crippen molar-refractivity contribution in [1.82, 2.24) is 0 Å². The summed E-state index contributed by atoms with van der Waals surface area (Å²) in [5, 5.41) is 0. The zero-order chi connectivity index (χ0) is 13.7. The minimum absolute atomic E-state index is 0.435. The monoisotopic (exact) mass is 282 g/mol. The van der Waals surface area contributed by atoms with Gasteiger partial charge in [0.1, 0.15) is 4.99 Å². The number of benzene rings is 1. The number of thiocarbonyl (C=S) groups is 1. The molecule has 0 spiro atoms. The molecule has 0 aliphatic carbocycles. The number of hydrogen-bond donors (Lipinski definition) is 1. The molecule has 4 heteroatoms. The molecule has 2 N–H and O–H groups in total. The number of rotatable bonds is 6. The van der Waals surface area contributed by atoms with Gasteiger partial charge in [-0.05, 0) is 38.7 Å². The molecule has 2 nitrogen and oxygen atoms in total. The summed E-state index contributed by atoms with van der Waals surface area (Å²) in [5.41, 5.74) is 8.10. The molecule has 0 atom stereocenters. The lowest BCUT2D eigenvalue weighted by molar-refractivity contribution is 0.702. The lowest BCUT2D eigenvalue weighted by Crippen LogP contribution is -2.32. The van der Waals surface area contributed by atoms with Gasteiger partial charge in [-0.15, -0.1) is 11.8 Å². The van der Waals surface area contributed by atoms with Crippen molar-refractivity contribution in [1.29, 1.82) is 0 Å². The van der Waals surface area contributed by atoms with E-state index in [1.807, 2.05) is 0 Å². The standard InChI is InChI=1S/C14H22N2S2/c1-5-16(10(3)4)11-8-7-9-12(18-6-2)13(11)14(15)17/h7-10H,5-6H2,1-4H3,(H2,15,17). The van der Waals surface area contributed by atoms with Crippen molar-refractivity contribution < 1.29 is 0 Å². The van der Waals surface area contributed by atoms with E-state index in [2.05, 4.69) is 50.8 Å². The van der Waals surface area contributed by atoms with Gasteiger partial charge in [0.15, 0.2) is 0 Å². The second-order valence-electron chi connectivity index (χ2n) is 4.33. The summed E-state index contributed by atoms with van der Waals surface area (Å²) >= 11 is 7.03. The maximum atomic E-state index is 5.93. The first kappa shape index (κ1) is 15.3. The van der Waals surface area contributed by atoms with E-state index < -0.39 is 0 Å². The Bertz CT molecular complexity index is 416. The van der Waals surface area contributed by atoms with Crippen LogP contribution in [0.3, 0.4) is 0 Å². The predicted molar refractivity (Wildman–Crippen MR) is 86.9 cm³/mol. The van der Waals surface area contributed by atoms with Gasteiger partial charge < -0.3 is 10.6 Å². The third-order valence-electron chi connectivity index (χ3n) is 2.82. The summed E-state index contributed by atoms with van der Waals surface area (Å²) in [6, 6.07) is 6.73. The highest BCUT2D eigenvalue weighted by atomic mass is 32.2. The molecule has 0 aliphatic rings. The first-order valence-electron chi connectivity index (χ1n) is 6.35. The van der Waals surface area contributed by atoms with Crippen LogP contribution in [0.5, 0.6) is 0 Å². The number of hydrogen-bond acceptors (Lipinski definition) is 3. The summed E-state index contributed by atoms with van der Waals surface area (Å²) in [4.78, 5) is 4.00. The third-order valence-corrected chi connectivity index (χ3v) is 3.97. The smallest absolute Gasteiger partial charge is 0.107 e. The highest BCUT2D eigenvalue weighted by Crippen LogP contribution is 2.31. The Kier molecular flexibility index (Phi) is 5.96. The van der Waals surface area contributed by atoms with Crippen molar-refractivity contribution >= 4 is 34.7 Å². The van der Waals surface area contributed by atoms with E-state index in [1.54, 1.807) is 11.8 Å². The van der Waals surface area contributed by atoms with E-state index in [-0.39, 0.29) is 0 Å². The normalized spacial score (nSPS) is 10.7. The fourth-order valence-electron chi connectivity index (χ4n) is 2.10. The van der Waals surface area contributed by atoms with Crippen LogP contribution in [0.15, 0.2) is 23.1 Å². The first-order valence-corrected chi connectivity index (χ1v) is 7.74. The topological polar surface area (TPSA) is 29.3 Å². The molecule has 1 rings (SSSR count). The fourth-order valence-corrected chi connectivity index (χ4v) is 3.22. The van der Waals surface area contributed by atoms with Gasteiger partial charge in [-0.25, -0.2) is 0 Å². The van der Waals surface area contributed by atoms with Crippen molar-refractivity contribution in [3.8, 4) is 0 Å². The Hall–Kier alpha value is -0.740. The van der Waals surface area contributed by atoms with Crippen molar-refractivity contribution in [2.24, 2.45) is 5.73 Å². The minimum Gasteiger partial charge on any atom is -0.389 e. The molecule has 0 unspecified atom stereocenters. The van der Waals surface area contributed by atoms with Gasteiger partial charge in [0.05, 0.1) is 0 Å². The van der Waals surface area contributed by atoms with Crippen LogP contribution in [0.25, 0.3) is 0 Å². The van der Waals surface area contributed by atoms with Gasteiger partial charge in [0.2, 0.25) is 0 Å². The van der Waals surface area contributed by atoms with Crippen LogP contribution in [-0.4, -0.2) is 23.3 Å². The number of anilines is 1. The van der Waals surface area contributed by atoms with Crippen LogP contribution in [-0.2, 0) is 0 Å². The number of nitrogens with zero attached hydrogens (tertiary/aromatic N) is 1. The van der Waals surface area contributed by atoms with Crippen LogP contribution in [0, 0.1) is 0 Å². The van der Waals surface area contributed by atoms with Gasteiger partial charge in [0.25, 0.3) is 0 Å². The summed E-state index contributed by atoms with van der Waals surface area (Å²) in [7, 11) is 0. The SMILES string of the molecule is CCSc1cccc(N(CC)C(C)C)c1C(N)=S. The highest BCUT2D eigenvalue weighted by Gasteiger charge is 2.17. The lowest BCUT2D eigenvalue weighted by Gasteiger charge is -2.30. The molecule has 0 aliphatic heterocycles. The van der Waals surface area contributed by atoms with Crippen LogP contribution < -0.4 is 10.6 Å². The highest BCUT2D eigenvalue weighted by molar-refractivity contribution is 7.99. The molecule has 0 aromatic heterocycles. The summed E-state index contributed by atoms with van der Waals surface area (Å²) in [6.07, 6.45) is 0. The molecule has 0 radical (unpaired) electrons. The average molecular weight is 282 g/mol. The Morgan fingerprint density at radius 3 is 2.50 bits per heavy atom. The average Bonchev–Trinajstić information content (AvgIpc) is 2.29. The van der Waals surface area contributed by atoms with Crippen molar-refractivity contribution in [3.05, 3.63) is 23.8 Å². The van der Waals surface area contributed by atoms with Crippen molar-refractivity contribution in [2.45, 2.75) is 38.6 Å². The predicted octanol–water partition coefficient (Wildman–Crippen LogP) is 3.67. The molecule has 18 heavy (non-hydrogen) atoms. The Labute approximate surface area is 120 Å². The maximum Gasteiger partial charge on any atom is 0.107 e. The van der Waals surface area contributed by atoms with E-state index >= 15 is 0 Å². The van der Waals surface area contributed by atoms with Gasteiger partial charge in [-0.2, -0.15) is 0 Å². The van der Waals surface area contributed by atoms with Crippen LogP contribution >= 0.6 is 24.0 Å². The lowest BCUT2D eigenvalue weighted by atomic mass is 10.1. The molecule has 0 heterocycles. The zero-order valence-corrected chi connectivity index (χ0v) is 13.2. The van der Waals surface area contributed by atoms with Gasteiger partial charge in [-0.3, -0.25) is 0 Å². The van der Waals surface area contributed by atoms with Gasteiger partial charge >= 0.3 is 0 Å². The largest absolute Gasteiger partial charge is 0.389 e. The first-order chi connectivity index (χ1) is 8.52. The molecule has 0 amide bonds. The van der Waals surface area contributed by atoms with Gasteiger partial charge in [0, 0.05) is 28.7 Å². The van der Waals surface area contributed by atoms with E-state index in [0.717, 1.165) is 23.5 Å². The molecular weight excluding hydrogens is 260 g/mol. The minimum atomic E-state index is 0.435. The van der Waals surface area contributed by atoms with E-state index in [9.17, 15) is 0 Å². The molecule has 1 aromatic carbocycles. The quantitative estimate of drug-likeness (QED) is 0.637. The summed E-state index contributed by atoms with van der Waals surface area (Å²) in [6.45, 7) is 9.62. The van der Waals surface area contributed by atoms with E-state index in [4.69, 9.17) is 18.0 Å². The third kappa shape index (κ3) is 3.39. The molecule has 100 valence electrons. The van der Waals surface area contributed by atoms with E-state index in [0.29, 0.717) is 11.0 Å². The molecule has 0 saturated carbocycles. The van der Waals surface area contributed by atoms with Crippen molar-refractivity contribution in [2.75, 3.05) is 17.2 Å².